The van der Waals surface area contributed by atoms with Crippen LogP contribution >= 0.6 is 34.2 Å². The molecule has 0 N–H and O–H groups in total. The van der Waals surface area contributed by atoms with Crippen molar-refractivity contribution in [2.45, 2.75) is 46.6 Å². The van der Waals surface area contributed by atoms with Gasteiger partial charge in [-0.05, 0) is 41.9 Å². The number of aryl methyl sites for hydroxylation is 1. The van der Waals surface area contributed by atoms with Crippen LogP contribution in [0.3, 0.4) is 0 Å². The molecular formula is C13H20ClIN2O. The minimum absolute atomic E-state index is 0.0832. The molecule has 0 radical (unpaired) electrons. The third-order valence-electron chi connectivity index (χ3n) is 2.59. The Balaban J connectivity index is 3.14. The van der Waals surface area contributed by atoms with E-state index in [1.165, 1.54) is 0 Å². The molecule has 18 heavy (non-hydrogen) atoms. The van der Waals surface area contributed by atoms with Gasteiger partial charge in [-0.15, -0.1) is 0 Å². The second-order valence-corrected chi connectivity index (χ2v) is 5.94. The number of hydrogen-bond acceptors (Lipinski definition) is 3. The topological polar surface area (TPSA) is 35.0 Å². The van der Waals surface area contributed by atoms with E-state index in [9.17, 15) is 0 Å². The summed E-state index contributed by atoms with van der Waals surface area (Å²) in [4.78, 5) is 9.01. The van der Waals surface area contributed by atoms with Crippen molar-refractivity contribution in [1.82, 2.24) is 9.97 Å². The summed E-state index contributed by atoms with van der Waals surface area (Å²) in [6, 6.07) is 0. The molecule has 0 spiro atoms. The predicted molar refractivity (Wildman–Crippen MR) is 83.0 cm³/mol. The zero-order valence-corrected chi connectivity index (χ0v) is 14.2. The van der Waals surface area contributed by atoms with E-state index in [1.807, 2.05) is 6.92 Å². The first-order chi connectivity index (χ1) is 8.51. The summed E-state index contributed by atoms with van der Waals surface area (Å²) in [5, 5.41) is 0.536. The highest BCUT2D eigenvalue weighted by Gasteiger charge is 2.21. The average molecular weight is 383 g/mol. The average Bonchev–Trinajstić information content (AvgIpc) is 2.31. The summed E-state index contributed by atoms with van der Waals surface area (Å²) in [6.07, 6.45) is 1.88. The number of hydrogen-bond donors (Lipinski definition) is 0. The van der Waals surface area contributed by atoms with Crippen molar-refractivity contribution in [2.24, 2.45) is 5.92 Å². The van der Waals surface area contributed by atoms with Gasteiger partial charge >= 0.3 is 0 Å². The molecule has 0 saturated carbocycles. The first-order valence-corrected chi connectivity index (χ1v) is 7.80. The molecule has 1 atom stereocenters. The second kappa shape index (κ2) is 7.60. The first kappa shape index (κ1) is 16.1. The zero-order valence-electron chi connectivity index (χ0n) is 11.3. The lowest BCUT2D eigenvalue weighted by Gasteiger charge is -2.20. The summed E-state index contributed by atoms with van der Waals surface area (Å²) in [5.41, 5.74) is 1.03. The summed E-state index contributed by atoms with van der Waals surface area (Å²) in [5.74, 6) is 1.04. The number of rotatable bonds is 6. The Bertz CT molecular complexity index is 399. The number of halogens is 2. The Labute approximate surface area is 128 Å². The van der Waals surface area contributed by atoms with Gasteiger partial charge in [-0.1, -0.05) is 38.8 Å². The minimum atomic E-state index is -0.0832. The molecule has 102 valence electrons. The van der Waals surface area contributed by atoms with E-state index in [1.54, 1.807) is 0 Å². The van der Waals surface area contributed by atoms with Gasteiger partial charge in [0, 0.05) is 6.61 Å². The quantitative estimate of drug-likeness (QED) is 0.539. The van der Waals surface area contributed by atoms with Crippen LogP contribution in [-0.2, 0) is 11.2 Å². The lowest BCUT2D eigenvalue weighted by atomic mass is 10.1. The Morgan fingerprint density at radius 1 is 1.28 bits per heavy atom. The highest BCUT2D eigenvalue weighted by Crippen LogP contribution is 2.27. The van der Waals surface area contributed by atoms with Crippen molar-refractivity contribution in [3.05, 3.63) is 20.2 Å². The summed E-state index contributed by atoms with van der Waals surface area (Å²) in [6.45, 7) is 8.98. The van der Waals surface area contributed by atoms with Gasteiger partial charge in [-0.25, -0.2) is 9.97 Å². The molecule has 0 aliphatic carbocycles. The molecule has 0 fully saturated rings. The van der Waals surface area contributed by atoms with Gasteiger partial charge in [-0.2, -0.15) is 0 Å². The molecule has 1 aromatic heterocycles. The van der Waals surface area contributed by atoms with E-state index in [0.717, 1.165) is 22.1 Å². The van der Waals surface area contributed by atoms with E-state index >= 15 is 0 Å². The maximum atomic E-state index is 6.19. The molecule has 1 rings (SSSR count). The molecular weight excluding hydrogens is 363 g/mol. The Hall–Kier alpha value is 0.0600. The lowest BCUT2D eigenvalue weighted by molar-refractivity contribution is 0.0230. The van der Waals surface area contributed by atoms with E-state index in [-0.39, 0.29) is 6.10 Å². The van der Waals surface area contributed by atoms with Crippen LogP contribution in [0.2, 0.25) is 5.15 Å². The van der Waals surface area contributed by atoms with Crippen molar-refractivity contribution in [3.63, 3.8) is 0 Å². The standard InChI is InChI=1S/C13H20ClIN2O/c1-5-7-9-10(15)12(14)17-13(16-9)11(8(3)4)18-6-2/h8,11H,5-7H2,1-4H3. The Morgan fingerprint density at radius 2 is 1.94 bits per heavy atom. The van der Waals surface area contributed by atoms with Gasteiger partial charge in [0.15, 0.2) is 5.82 Å². The summed E-state index contributed by atoms with van der Waals surface area (Å²) in [7, 11) is 0. The van der Waals surface area contributed by atoms with Gasteiger partial charge in [0.25, 0.3) is 0 Å². The third kappa shape index (κ3) is 4.03. The molecule has 1 unspecified atom stereocenters. The van der Waals surface area contributed by atoms with Gasteiger partial charge in [0.1, 0.15) is 11.3 Å². The predicted octanol–water partition coefficient (Wildman–Crippen LogP) is 4.42. The van der Waals surface area contributed by atoms with Gasteiger partial charge in [0.05, 0.1) is 9.26 Å². The molecule has 1 aromatic rings. The van der Waals surface area contributed by atoms with Crippen LogP contribution in [0, 0.1) is 9.49 Å². The Kier molecular flexibility index (Phi) is 6.81. The molecule has 0 aromatic carbocycles. The number of aromatic nitrogens is 2. The number of nitrogens with zero attached hydrogens (tertiary/aromatic N) is 2. The van der Waals surface area contributed by atoms with Gasteiger partial charge < -0.3 is 4.74 Å². The largest absolute Gasteiger partial charge is 0.370 e. The van der Waals surface area contributed by atoms with E-state index < -0.39 is 0 Å². The monoisotopic (exact) mass is 382 g/mol. The van der Waals surface area contributed by atoms with Crippen molar-refractivity contribution in [3.8, 4) is 0 Å². The fourth-order valence-corrected chi connectivity index (χ4v) is 2.46. The Morgan fingerprint density at radius 3 is 2.44 bits per heavy atom. The minimum Gasteiger partial charge on any atom is -0.370 e. The maximum Gasteiger partial charge on any atom is 0.159 e. The van der Waals surface area contributed by atoms with Crippen LogP contribution < -0.4 is 0 Å². The smallest absolute Gasteiger partial charge is 0.159 e. The van der Waals surface area contributed by atoms with E-state index in [4.69, 9.17) is 16.3 Å². The fourth-order valence-electron chi connectivity index (χ4n) is 1.76. The van der Waals surface area contributed by atoms with Crippen LogP contribution in [-0.4, -0.2) is 16.6 Å². The molecule has 1 heterocycles. The van der Waals surface area contributed by atoms with Crippen LogP contribution in [0.25, 0.3) is 0 Å². The van der Waals surface area contributed by atoms with Crippen LogP contribution in [0.15, 0.2) is 0 Å². The molecule has 0 aliphatic heterocycles. The maximum absolute atomic E-state index is 6.19. The summed E-state index contributed by atoms with van der Waals surface area (Å²) >= 11 is 8.40. The van der Waals surface area contributed by atoms with Crippen LogP contribution in [0.5, 0.6) is 0 Å². The van der Waals surface area contributed by atoms with Gasteiger partial charge in [0.2, 0.25) is 0 Å². The van der Waals surface area contributed by atoms with Crippen LogP contribution in [0.4, 0.5) is 0 Å². The molecule has 3 nitrogen and oxygen atoms in total. The molecule has 0 saturated heterocycles. The van der Waals surface area contributed by atoms with Crippen molar-refractivity contribution in [1.29, 1.82) is 0 Å². The SMILES string of the molecule is CCCc1nc(C(OCC)C(C)C)nc(Cl)c1I. The summed E-state index contributed by atoms with van der Waals surface area (Å²) < 4.78 is 6.69. The van der Waals surface area contributed by atoms with Crippen molar-refractivity contribution < 1.29 is 4.74 Å². The van der Waals surface area contributed by atoms with Crippen LogP contribution in [0.1, 0.15) is 51.7 Å². The van der Waals surface area contributed by atoms with E-state index in [2.05, 4.69) is 53.3 Å². The molecule has 0 aliphatic rings. The molecule has 0 bridgehead atoms. The third-order valence-corrected chi connectivity index (χ3v) is 4.32. The molecule has 0 amide bonds. The lowest BCUT2D eigenvalue weighted by Crippen LogP contribution is -2.16. The van der Waals surface area contributed by atoms with Crippen molar-refractivity contribution in [2.75, 3.05) is 6.61 Å². The first-order valence-electron chi connectivity index (χ1n) is 6.34. The van der Waals surface area contributed by atoms with E-state index in [0.29, 0.717) is 23.5 Å². The fraction of sp³-hybridized carbons (Fsp3) is 0.692. The highest BCUT2D eigenvalue weighted by atomic mass is 127. The highest BCUT2D eigenvalue weighted by molar-refractivity contribution is 14.1. The zero-order chi connectivity index (χ0) is 13.7. The number of ether oxygens (including phenoxy) is 1. The normalized spacial score (nSPS) is 13.1. The second-order valence-electron chi connectivity index (χ2n) is 4.50. The van der Waals surface area contributed by atoms with Gasteiger partial charge in [-0.3, -0.25) is 0 Å². The van der Waals surface area contributed by atoms with Crippen molar-refractivity contribution >= 4 is 34.2 Å². The molecule has 5 heteroatoms.